The van der Waals surface area contributed by atoms with Crippen molar-refractivity contribution < 1.29 is 13.2 Å². The highest BCUT2D eigenvalue weighted by Crippen LogP contribution is 2.18. The molecule has 0 aromatic carbocycles. The molecule has 1 saturated heterocycles. The van der Waals surface area contributed by atoms with E-state index in [1.807, 2.05) is 19.1 Å². The van der Waals surface area contributed by atoms with Crippen molar-refractivity contribution in [1.82, 2.24) is 9.21 Å². The van der Waals surface area contributed by atoms with E-state index in [1.54, 1.807) is 11.8 Å². The van der Waals surface area contributed by atoms with Gasteiger partial charge in [-0.15, -0.1) is 11.3 Å². The van der Waals surface area contributed by atoms with E-state index in [1.165, 1.54) is 15.6 Å². The van der Waals surface area contributed by atoms with Gasteiger partial charge < -0.3 is 4.90 Å². The number of aryl methyl sites for hydroxylation is 1. The van der Waals surface area contributed by atoms with Crippen molar-refractivity contribution in [3.63, 3.8) is 0 Å². The third-order valence-electron chi connectivity index (χ3n) is 3.24. The Morgan fingerprint density at radius 2 is 1.89 bits per heavy atom. The Bertz CT molecular complexity index is 557. The van der Waals surface area contributed by atoms with Crippen LogP contribution in [0.2, 0.25) is 0 Å². The minimum Gasteiger partial charge on any atom is -0.335 e. The predicted molar refractivity (Wildman–Crippen MR) is 76.0 cm³/mol. The van der Waals surface area contributed by atoms with Crippen molar-refractivity contribution in [2.24, 2.45) is 0 Å². The monoisotopic (exact) mass is 302 g/mol. The molecule has 19 heavy (non-hydrogen) atoms. The molecule has 106 valence electrons. The molecule has 0 saturated carbocycles. The largest absolute Gasteiger partial charge is 0.335 e. The lowest BCUT2D eigenvalue weighted by atomic mass is 10.3. The van der Waals surface area contributed by atoms with Crippen LogP contribution < -0.4 is 0 Å². The van der Waals surface area contributed by atoms with Crippen LogP contribution in [-0.2, 0) is 10.0 Å². The molecular weight excluding hydrogens is 284 g/mol. The maximum absolute atomic E-state index is 12.2. The quantitative estimate of drug-likeness (QED) is 0.842. The molecule has 1 fully saturated rings. The van der Waals surface area contributed by atoms with Crippen molar-refractivity contribution in [2.45, 2.75) is 13.8 Å². The average molecular weight is 302 g/mol. The van der Waals surface area contributed by atoms with Crippen LogP contribution in [0.15, 0.2) is 12.1 Å². The second-order valence-electron chi connectivity index (χ2n) is 4.50. The summed E-state index contributed by atoms with van der Waals surface area (Å²) >= 11 is 1.48. The number of hydrogen-bond acceptors (Lipinski definition) is 4. The van der Waals surface area contributed by atoms with E-state index in [0.717, 1.165) is 9.75 Å². The fourth-order valence-electron chi connectivity index (χ4n) is 2.06. The average Bonchev–Trinajstić information content (AvgIpc) is 2.85. The van der Waals surface area contributed by atoms with E-state index in [2.05, 4.69) is 0 Å². The fourth-order valence-corrected chi connectivity index (χ4v) is 3.98. The number of rotatable bonds is 3. The summed E-state index contributed by atoms with van der Waals surface area (Å²) in [6.07, 6.45) is 0. The van der Waals surface area contributed by atoms with E-state index in [0.29, 0.717) is 26.2 Å². The molecule has 1 aromatic heterocycles. The molecule has 0 bridgehead atoms. The first-order chi connectivity index (χ1) is 8.94. The van der Waals surface area contributed by atoms with E-state index in [-0.39, 0.29) is 11.7 Å². The SMILES string of the molecule is CCS(=O)(=O)N1CCN(C(=O)c2ccc(C)s2)CC1. The van der Waals surface area contributed by atoms with Gasteiger partial charge in [0, 0.05) is 31.1 Å². The number of sulfonamides is 1. The van der Waals surface area contributed by atoms with Gasteiger partial charge in [-0.05, 0) is 26.0 Å². The molecule has 2 rings (SSSR count). The minimum atomic E-state index is -3.13. The van der Waals surface area contributed by atoms with Crippen LogP contribution in [0.3, 0.4) is 0 Å². The molecule has 2 heterocycles. The van der Waals surface area contributed by atoms with Gasteiger partial charge in [0.15, 0.2) is 0 Å². The van der Waals surface area contributed by atoms with Gasteiger partial charge in [-0.25, -0.2) is 8.42 Å². The van der Waals surface area contributed by atoms with E-state index < -0.39 is 10.0 Å². The van der Waals surface area contributed by atoms with Gasteiger partial charge in [0.25, 0.3) is 5.91 Å². The smallest absolute Gasteiger partial charge is 0.264 e. The zero-order chi connectivity index (χ0) is 14.0. The van der Waals surface area contributed by atoms with Gasteiger partial charge in [0.1, 0.15) is 0 Å². The van der Waals surface area contributed by atoms with Crippen molar-refractivity contribution in [1.29, 1.82) is 0 Å². The standard InChI is InChI=1S/C12H18N2O3S2/c1-3-19(16,17)14-8-6-13(7-9-14)12(15)11-5-4-10(2)18-11/h4-5H,3,6-9H2,1-2H3. The lowest BCUT2D eigenvalue weighted by molar-refractivity contribution is 0.0703. The number of thiophene rings is 1. The Morgan fingerprint density at radius 1 is 1.26 bits per heavy atom. The molecule has 0 spiro atoms. The lowest BCUT2D eigenvalue weighted by Gasteiger charge is -2.33. The highest BCUT2D eigenvalue weighted by atomic mass is 32.2. The summed E-state index contributed by atoms with van der Waals surface area (Å²) in [5.41, 5.74) is 0. The number of carbonyl (C=O) groups excluding carboxylic acids is 1. The highest BCUT2D eigenvalue weighted by Gasteiger charge is 2.28. The molecule has 0 N–H and O–H groups in total. The highest BCUT2D eigenvalue weighted by molar-refractivity contribution is 7.89. The first-order valence-corrected chi connectivity index (χ1v) is 8.70. The van der Waals surface area contributed by atoms with Crippen LogP contribution in [0.4, 0.5) is 0 Å². The van der Waals surface area contributed by atoms with Crippen LogP contribution in [0.1, 0.15) is 21.5 Å². The third kappa shape index (κ3) is 3.16. The van der Waals surface area contributed by atoms with Gasteiger partial charge in [0.05, 0.1) is 10.6 Å². The first kappa shape index (κ1) is 14.5. The molecular formula is C12H18N2O3S2. The molecule has 7 heteroatoms. The molecule has 0 radical (unpaired) electrons. The van der Waals surface area contributed by atoms with Crippen molar-refractivity contribution >= 4 is 27.3 Å². The van der Waals surface area contributed by atoms with E-state index in [4.69, 9.17) is 0 Å². The Kier molecular flexibility index (Phi) is 4.27. The van der Waals surface area contributed by atoms with E-state index in [9.17, 15) is 13.2 Å². The Morgan fingerprint density at radius 3 is 2.37 bits per heavy atom. The van der Waals surface area contributed by atoms with Gasteiger partial charge in [-0.1, -0.05) is 0 Å². The van der Waals surface area contributed by atoms with E-state index >= 15 is 0 Å². The van der Waals surface area contributed by atoms with Crippen LogP contribution >= 0.6 is 11.3 Å². The van der Waals surface area contributed by atoms with Crippen LogP contribution in [-0.4, -0.2) is 55.5 Å². The topological polar surface area (TPSA) is 57.7 Å². The molecule has 1 aromatic rings. The first-order valence-electron chi connectivity index (χ1n) is 6.27. The zero-order valence-electron chi connectivity index (χ0n) is 11.1. The number of carbonyl (C=O) groups is 1. The predicted octanol–water partition coefficient (Wildman–Crippen LogP) is 1.16. The minimum absolute atomic E-state index is 0.00615. The molecule has 1 aliphatic rings. The summed E-state index contributed by atoms with van der Waals surface area (Å²) in [4.78, 5) is 15.8. The van der Waals surface area contributed by atoms with Gasteiger partial charge in [0.2, 0.25) is 10.0 Å². The summed E-state index contributed by atoms with van der Waals surface area (Å²) < 4.78 is 24.9. The van der Waals surface area contributed by atoms with Gasteiger partial charge in [-0.3, -0.25) is 4.79 Å². The number of piperazine rings is 1. The Balaban J connectivity index is 1.99. The van der Waals surface area contributed by atoms with Crippen LogP contribution in [0.25, 0.3) is 0 Å². The van der Waals surface area contributed by atoms with Crippen molar-refractivity contribution in [2.75, 3.05) is 31.9 Å². The maximum atomic E-state index is 12.2. The van der Waals surface area contributed by atoms with Crippen LogP contribution in [0, 0.1) is 6.92 Å². The van der Waals surface area contributed by atoms with Crippen molar-refractivity contribution in [3.8, 4) is 0 Å². The lowest BCUT2D eigenvalue weighted by Crippen LogP contribution is -2.50. The summed E-state index contributed by atoms with van der Waals surface area (Å²) in [6, 6.07) is 3.76. The van der Waals surface area contributed by atoms with Gasteiger partial charge >= 0.3 is 0 Å². The Hall–Kier alpha value is -0.920. The van der Waals surface area contributed by atoms with Crippen LogP contribution in [0.5, 0.6) is 0 Å². The summed E-state index contributed by atoms with van der Waals surface area (Å²) in [6.45, 7) is 5.33. The number of nitrogens with zero attached hydrogens (tertiary/aromatic N) is 2. The fraction of sp³-hybridized carbons (Fsp3) is 0.583. The van der Waals surface area contributed by atoms with Gasteiger partial charge in [-0.2, -0.15) is 4.31 Å². The molecule has 0 unspecified atom stereocenters. The summed E-state index contributed by atoms with van der Waals surface area (Å²) in [7, 11) is -3.13. The Labute approximate surface area is 117 Å². The second-order valence-corrected chi connectivity index (χ2v) is 8.05. The number of hydrogen-bond donors (Lipinski definition) is 0. The molecule has 5 nitrogen and oxygen atoms in total. The third-order valence-corrected chi connectivity index (χ3v) is 6.11. The number of amides is 1. The molecule has 1 amide bonds. The summed E-state index contributed by atoms with van der Waals surface area (Å²) in [5, 5.41) is 0. The van der Waals surface area contributed by atoms with Crippen molar-refractivity contribution in [3.05, 3.63) is 21.9 Å². The normalized spacial score (nSPS) is 17.7. The maximum Gasteiger partial charge on any atom is 0.264 e. The molecule has 0 aliphatic carbocycles. The molecule has 1 aliphatic heterocycles. The molecule has 0 atom stereocenters. The second kappa shape index (κ2) is 5.60. The zero-order valence-corrected chi connectivity index (χ0v) is 12.8. The summed E-state index contributed by atoms with van der Waals surface area (Å²) in [5.74, 6) is 0.122.